The smallest absolute Gasteiger partial charge is 0.311 e. The molecule has 0 bridgehead atoms. The number of carboxylic acid groups (broad SMARTS) is 1. The van der Waals surface area contributed by atoms with E-state index in [0.29, 0.717) is 26.1 Å². The van der Waals surface area contributed by atoms with E-state index in [1.54, 1.807) is 11.8 Å². The van der Waals surface area contributed by atoms with Gasteiger partial charge in [0.15, 0.2) is 0 Å². The fraction of sp³-hybridized carbons (Fsp3) is 0.833. The van der Waals surface area contributed by atoms with Crippen molar-refractivity contribution in [3.05, 3.63) is 0 Å². The molecule has 0 saturated carbocycles. The third-order valence-corrected chi connectivity index (χ3v) is 3.81. The Bertz CT molecular complexity index is 324. The van der Waals surface area contributed by atoms with Gasteiger partial charge in [-0.1, -0.05) is 0 Å². The number of carbonyl (C=O) groups excluding carboxylic acids is 1. The summed E-state index contributed by atoms with van der Waals surface area (Å²) in [6.07, 6.45) is 2.32. The van der Waals surface area contributed by atoms with E-state index in [0.717, 1.165) is 19.4 Å². The number of carbonyl (C=O) groups is 2. The van der Waals surface area contributed by atoms with E-state index in [9.17, 15) is 9.59 Å². The third kappa shape index (κ3) is 2.44. The molecule has 0 aliphatic carbocycles. The third-order valence-electron chi connectivity index (χ3n) is 3.81. The molecule has 2 rings (SSSR count). The molecule has 0 spiro atoms. The van der Waals surface area contributed by atoms with Crippen LogP contribution in [0.2, 0.25) is 0 Å². The first-order valence-corrected chi connectivity index (χ1v) is 6.13. The second kappa shape index (κ2) is 4.64. The Morgan fingerprint density at radius 1 is 1.47 bits per heavy atom. The molecule has 0 aromatic carbocycles. The van der Waals surface area contributed by atoms with Gasteiger partial charge in [0.25, 0.3) is 0 Å². The summed E-state index contributed by atoms with van der Waals surface area (Å²) < 4.78 is 5.30. The maximum Gasteiger partial charge on any atom is 0.311 e. The Hall–Kier alpha value is -1.10. The molecule has 5 nitrogen and oxygen atoms in total. The lowest BCUT2D eigenvalue weighted by Crippen LogP contribution is -2.40. The van der Waals surface area contributed by atoms with E-state index in [4.69, 9.17) is 9.84 Å². The highest BCUT2D eigenvalue weighted by Crippen LogP contribution is 2.31. The lowest BCUT2D eigenvalue weighted by atomic mass is 9.90. The van der Waals surface area contributed by atoms with Gasteiger partial charge in [-0.15, -0.1) is 0 Å². The van der Waals surface area contributed by atoms with Crippen LogP contribution in [-0.4, -0.2) is 48.2 Å². The summed E-state index contributed by atoms with van der Waals surface area (Å²) in [5.41, 5.74) is -0.773. The summed E-state index contributed by atoms with van der Waals surface area (Å²) >= 11 is 0. The number of nitrogens with zero attached hydrogens (tertiary/aromatic N) is 1. The van der Waals surface area contributed by atoms with Crippen LogP contribution in [0.1, 0.15) is 26.2 Å². The van der Waals surface area contributed by atoms with Crippen LogP contribution in [0, 0.1) is 11.3 Å². The molecule has 17 heavy (non-hydrogen) atoms. The number of amides is 1. The molecule has 2 heterocycles. The van der Waals surface area contributed by atoms with Crippen LogP contribution in [0.25, 0.3) is 0 Å². The molecule has 2 aliphatic rings. The van der Waals surface area contributed by atoms with Gasteiger partial charge in [-0.3, -0.25) is 9.59 Å². The molecule has 1 amide bonds. The highest BCUT2D eigenvalue weighted by atomic mass is 16.5. The highest BCUT2D eigenvalue weighted by Gasteiger charge is 2.43. The van der Waals surface area contributed by atoms with Crippen molar-refractivity contribution in [3.63, 3.8) is 0 Å². The van der Waals surface area contributed by atoms with Crippen LogP contribution in [0.15, 0.2) is 0 Å². The molecule has 2 atom stereocenters. The minimum absolute atomic E-state index is 0.0645. The predicted octanol–water partition coefficient (Wildman–Crippen LogP) is 0.736. The van der Waals surface area contributed by atoms with Gasteiger partial charge < -0.3 is 14.7 Å². The van der Waals surface area contributed by atoms with E-state index in [1.807, 2.05) is 0 Å². The van der Waals surface area contributed by atoms with Crippen molar-refractivity contribution in [3.8, 4) is 0 Å². The average Bonchev–Trinajstić information content (AvgIpc) is 2.74. The maximum atomic E-state index is 12.2. The Labute approximate surface area is 101 Å². The van der Waals surface area contributed by atoms with Gasteiger partial charge in [-0.25, -0.2) is 0 Å². The molecule has 5 heteroatoms. The molecule has 1 N–H and O–H groups in total. The molecule has 0 aromatic rings. The van der Waals surface area contributed by atoms with Crippen molar-refractivity contribution < 1.29 is 19.4 Å². The molecular formula is C12H19NO4. The normalized spacial score (nSPS) is 33.7. The van der Waals surface area contributed by atoms with Crippen LogP contribution < -0.4 is 0 Å². The standard InChI is InChI=1S/C12H19NO4/c1-12(11(15)16)4-5-13(8-12)10(14)9-3-2-6-17-7-9/h9H,2-8H2,1H3,(H,15,16)/t9-,12-/m1/s1. The zero-order chi connectivity index (χ0) is 12.5. The van der Waals surface area contributed by atoms with E-state index < -0.39 is 11.4 Å². The fourth-order valence-corrected chi connectivity index (χ4v) is 2.52. The molecule has 2 fully saturated rings. The Kier molecular flexibility index (Phi) is 3.38. The van der Waals surface area contributed by atoms with Gasteiger partial charge in [0.05, 0.1) is 17.9 Å². The van der Waals surface area contributed by atoms with Gasteiger partial charge in [0, 0.05) is 19.7 Å². The Morgan fingerprint density at radius 2 is 2.24 bits per heavy atom. The predicted molar refractivity (Wildman–Crippen MR) is 60.5 cm³/mol. The van der Waals surface area contributed by atoms with Crippen LogP contribution >= 0.6 is 0 Å². The number of likely N-dealkylation sites (tertiary alicyclic amines) is 1. The van der Waals surface area contributed by atoms with E-state index in [1.165, 1.54) is 0 Å². The first-order valence-electron chi connectivity index (χ1n) is 6.13. The zero-order valence-electron chi connectivity index (χ0n) is 10.1. The molecule has 2 aliphatic heterocycles. The number of hydrogen-bond donors (Lipinski definition) is 1. The lowest BCUT2D eigenvalue weighted by Gasteiger charge is -2.27. The molecule has 0 aromatic heterocycles. The molecular weight excluding hydrogens is 222 g/mol. The number of carboxylic acids is 1. The Balaban J connectivity index is 1.95. The van der Waals surface area contributed by atoms with Gasteiger partial charge in [0.2, 0.25) is 5.91 Å². The second-order valence-electron chi connectivity index (χ2n) is 5.29. The maximum absolute atomic E-state index is 12.2. The summed E-state index contributed by atoms with van der Waals surface area (Å²) in [5.74, 6) is -0.817. The van der Waals surface area contributed by atoms with Crippen molar-refractivity contribution in [1.82, 2.24) is 4.90 Å². The van der Waals surface area contributed by atoms with Gasteiger partial charge in [-0.2, -0.15) is 0 Å². The minimum atomic E-state index is -0.812. The zero-order valence-corrected chi connectivity index (χ0v) is 10.1. The van der Waals surface area contributed by atoms with E-state index in [-0.39, 0.29) is 11.8 Å². The van der Waals surface area contributed by atoms with E-state index in [2.05, 4.69) is 0 Å². The topological polar surface area (TPSA) is 66.8 Å². The fourth-order valence-electron chi connectivity index (χ4n) is 2.52. The lowest BCUT2D eigenvalue weighted by molar-refractivity contribution is -0.148. The summed E-state index contributed by atoms with van der Waals surface area (Å²) in [7, 11) is 0. The number of hydrogen-bond acceptors (Lipinski definition) is 3. The van der Waals surface area contributed by atoms with Crippen LogP contribution in [-0.2, 0) is 14.3 Å². The SMILES string of the molecule is C[C@@]1(C(=O)O)CCN(C(=O)[C@@H]2CCCOC2)C1. The highest BCUT2D eigenvalue weighted by molar-refractivity contribution is 5.82. The summed E-state index contributed by atoms with van der Waals surface area (Å²) in [5, 5.41) is 9.12. The van der Waals surface area contributed by atoms with Crippen molar-refractivity contribution in [2.45, 2.75) is 26.2 Å². The first kappa shape index (κ1) is 12.4. The van der Waals surface area contributed by atoms with Crippen LogP contribution in [0.5, 0.6) is 0 Å². The molecule has 2 saturated heterocycles. The second-order valence-corrected chi connectivity index (χ2v) is 5.29. The summed E-state index contributed by atoms with van der Waals surface area (Å²) in [6.45, 7) is 3.81. The quantitative estimate of drug-likeness (QED) is 0.774. The monoisotopic (exact) mass is 241 g/mol. The van der Waals surface area contributed by atoms with Crippen LogP contribution in [0.3, 0.4) is 0 Å². The van der Waals surface area contributed by atoms with Gasteiger partial charge in [-0.05, 0) is 26.2 Å². The number of ether oxygens (including phenoxy) is 1. The van der Waals surface area contributed by atoms with Crippen molar-refractivity contribution in [1.29, 1.82) is 0 Å². The summed E-state index contributed by atoms with van der Waals surface area (Å²) in [4.78, 5) is 25.0. The van der Waals surface area contributed by atoms with Crippen molar-refractivity contribution in [2.24, 2.45) is 11.3 Å². The van der Waals surface area contributed by atoms with E-state index >= 15 is 0 Å². The molecule has 0 unspecified atom stereocenters. The number of aliphatic carboxylic acids is 1. The van der Waals surface area contributed by atoms with Gasteiger partial charge in [0.1, 0.15) is 0 Å². The Morgan fingerprint density at radius 3 is 2.76 bits per heavy atom. The number of rotatable bonds is 2. The van der Waals surface area contributed by atoms with Crippen molar-refractivity contribution >= 4 is 11.9 Å². The molecule has 0 radical (unpaired) electrons. The average molecular weight is 241 g/mol. The van der Waals surface area contributed by atoms with Crippen LogP contribution in [0.4, 0.5) is 0 Å². The molecule has 96 valence electrons. The largest absolute Gasteiger partial charge is 0.481 e. The van der Waals surface area contributed by atoms with Gasteiger partial charge >= 0.3 is 5.97 Å². The summed E-state index contributed by atoms with van der Waals surface area (Å²) in [6, 6.07) is 0. The van der Waals surface area contributed by atoms with Crippen molar-refractivity contribution in [2.75, 3.05) is 26.3 Å². The first-order chi connectivity index (χ1) is 8.03. The minimum Gasteiger partial charge on any atom is -0.481 e.